The highest BCUT2D eigenvalue weighted by Gasteiger charge is 2.28. The molecule has 1 aromatic carbocycles. The summed E-state index contributed by atoms with van der Waals surface area (Å²) >= 11 is 0. The first-order valence-electron chi connectivity index (χ1n) is 8.30. The Kier molecular flexibility index (Phi) is 5.95. The molecule has 0 aromatic heterocycles. The third kappa shape index (κ3) is 4.68. The number of carbonyl (C=O) groups is 2. The van der Waals surface area contributed by atoms with Crippen LogP contribution in [0.3, 0.4) is 0 Å². The van der Waals surface area contributed by atoms with Crippen molar-refractivity contribution in [2.24, 2.45) is 11.8 Å². The molecule has 0 saturated heterocycles. The quantitative estimate of drug-likeness (QED) is 0.364. The van der Waals surface area contributed by atoms with Gasteiger partial charge in [0, 0.05) is 12.1 Å². The number of nitro benzene ring substituents is 1. The van der Waals surface area contributed by atoms with Gasteiger partial charge in [-0.25, -0.2) is 4.79 Å². The van der Waals surface area contributed by atoms with Crippen LogP contribution < -0.4 is 11.1 Å². The van der Waals surface area contributed by atoms with Crippen LogP contribution in [0.4, 0.5) is 11.4 Å². The number of rotatable bonds is 5. The van der Waals surface area contributed by atoms with Gasteiger partial charge in [0.15, 0.2) is 6.61 Å². The number of anilines is 1. The van der Waals surface area contributed by atoms with Crippen LogP contribution in [0.15, 0.2) is 18.2 Å². The lowest BCUT2D eigenvalue weighted by atomic mass is 9.78. The lowest BCUT2D eigenvalue weighted by Crippen LogP contribution is -2.45. The standard InChI is InChI=1S/C17H23N3O5/c1-10-4-3-5-14(11(10)2)19-16(21)9-25-17(22)12-6-7-13(18)15(8-12)20(23)24/h6-8,10-11,14H,3-5,9,18H2,1-2H3,(H,19,21)/t10-,11-,14+/m1/s1. The lowest BCUT2D eigenvalue weighted by Gasteiger charge is -2.34. The van der Waals surface area contributed by atoms with E-state index >= 15 is 0 Å². The minimum Gasteiger partial charge on any atom is -0.452 e. The molecular weight excluding hydrogens is 326 g/mol. The number of hydrogen-bond acceptors (Lipinski definition) is 6. The summed E-state index contributed by atoms with van der Waals surface area (Å²) in [4.78, 5) is 34.2. The largest absolute Gasteiger partial charge is 0.452 e. The Morgan fingerprint density at radius 1 is 1.36 bits per heavy atom. The number of esters is 1. The summed E-state index contributed by atoms with van der Waals surface area (Å²) in [5, 5.41) is 13.8. The first-order valence-corrected chi connectivity index (χ1v) is 8.30. The Morgan fingerprint density at radius 2 is 2.08 bits per heavy atom. The summed E-state index contributed by atoms with van der Waals surface area (Å²) in [6.45, 7) is 3.85. The first kappa shape index (κ1) is 18.7. The van der Waals surface area contributed by atoms with Gasteiger partial charge < -0.3 is 15.8 Å². The molecule has 25 heavy (non-hydrogen) atoms. The number of nitrogen functional groups attached to an aromatic ring is 1. The van der Waals surface area contributed by atoms with Crippen molar-refractivity contribution in [3.8, 4) is 0 Å². The van der Waals surface area contributed by atoms with E-state index < -0.39 is 17.5 Å². The van der Waals surface area contributed by atoms with Gasteiger partial charge >= 0.3 is 5.97 Å². The molecule has 0 heterocycles. The molecule has 1 aromatic rings. The molecule has 0 unspecified atom stereocenters. The van der Waals surface area contributed by atoms with E-state index in [1.165, 1.54) is 12.1 Å². The summed E-state index contributed by atoms with van der Waals surface area (Å²) in [5.41, 5.74) is 5.05. The number of hydrogen-bond donors (Lipinski definition) is 2. The van der Waals surface area contributed by atoms with Crippen LogP contribution in [0, 0.1) is 22.0 Å². The number of nitro groups is 1. The van der Waals surface area contributed by atoms with Gasteiger partial charge in [-0.3, -0.25) is 14.9 Å². The minimum absolute atomic E-state index is 0.0200. The average Bonchev–Trinajstić information content (AvgIpc) is 2.57. The molecule has 0 bridgehead atoms. The van der Waals surface area contributed by atoms with E-state index in [1.807, 2.05) is 0 Å². The average molecular weight is 349 g/mol. The Morgan fingerprint density at radius 3 is 2.76 bits per heavy atom. The molecule has 0 spiro atoms. The van der Waals surface area contributed by atoms with Gasteiger partial charge in [0.05, 0.1) is 10.5 Å². The highest BCUT2D eigenvalue weighted by atomic mass is 16.6. The normalized spacial score (nSPS) is 22.9. The molecule has 1 fully saturated rings. The van der Waals surface area contributed by atoms with Crippen molar-refractivity contribution in [1.29, 1.82) is 0 Å². The number of nitrogens with zero attached hydrogens (tertiary/aromatic N) is 1. The minimum atomic E-state index is -0.802. The third-order valence-corrected chi connectivity index (χ3v) is 4.85. The van der Waals surface area contributed by atoms with E-state index in [9.17, 15) is 19.7 Å². The summed E-state index contributed by atoms with van der Waals surface area (Å²) in [5.74, 6) is -0.266. The summed E-state index contributed by atoms with van der Waals surface area (Å²) in [7, 11) is 0. The van der Waals surface area contributed by atoms with E-state index in [0.717, 1.165) is 25.3 Å². The monoisotopic (exact) mass is 349 g/mol. The van der Waals surface area contributed by atoms with Crippen molar-refractivity contribution in [2.45, 2.75) is 39.2 Å². The van der Waals surface area contributed by atoms with Crippen LogP contribution in [0.2, 0.25) is 0 Å². The summed E-state index contributed by atoms with van der Waals surface area (Å²) < 4.78 is 4.95. The van der Waals surface area contributed by atoms with Crippen molar-refractivity contribution < 1.29 is 19.2 Å². The Balaban J connectivity index is 1.90. The molecule has 1 saturated carbocycles. The summed E-state index contributed by atoms with van der Waals surface area (Å²) in [6, 6.07) is 3.71. The molecule has 1 aliphatic rings. The maximum absolute atomic E-state index is 12.0. The number of carbonyl (C=O) groups excluding carboxylic acids is 2. The van der Waals surface area contributed by atoms with Crippen LogP contribution >= 0.6 is 0 Å². The van der Waals surface area contributed by atoms with Crippen LogP contribution in [0.1, 0.15) is 43.5 Å². The van der Waals surface area contributed by atoms with Crippen LogP contribution in [0.5, 0.6) is 0 Å². The van der Waals surface area contributed by atoms with Crippen LogP contribution in [-0.4, -0.2) is 29.4 Å². The van der Waals surface area contributed by atoms with Gasteiger partial charge in [-0.2, -0.15) is 0 Å². The topological polar surface area (TPSA) is 125 Å². The molecule has 8 nitrogen and oxygen atoms in total. The van der Waals surface area contributed by atoms with Crippen LogP contribution in [0.25, 0.3) is 0 Å². The number of benzene rings is 1. The highest BCUT2D eigenvalue weighted by Crippen LogP contribution is 2.29. The smallest absolute Gasteiger partial charge is 0.338 e. The predicted octanol–water partition coefficient (Wildman–Crippen LogP) is 2.27. The van der Waals surface area contributed by atoms with Gasteiger partial charge in [0.25, 0.3) is 11.6 Å². The second kappa shape index (κ2) is 7.96. The van der Waals surface area contributed by atoms with Crippen molar-refractivity contribution in [2.75, 3.05) is 12.3 Å². The number of nitrogens with one attached hydrogen (secondary N) is 1. The zero-order chi connectivity index (χ0) is 18.6. The van der Waals surface area contributed by atoms with Crippen molar-refractivity contribution in [3.05, 3.63) is 33.9 Å². The Hall–Kier alpha value is -2.64. The number of nitrogens with two attached hydrogens (primary N) is 1. The molecule has 136 valence electrons. The molecule has 3 N–H and O–H groups in total. The molecule has 3 atom stereocenters. The lowest BCUT2D eigenvalue weighted by molar-refractivity contribution is -0.383. The Labute approximate surface area is 145 Å². The maximum Gasteiger partial charge on any atom is 0.338 e. The van der Waals surface area contributed by atoms with Gasteiger partial charge in [-0.1, -0.05) is 26.7 Å². The zero-order valence-corrected chi connectivity index (χ0v) is 14.4. The highest BCUT2D eigenvalue weighted by molar-refractivity contribution is 5.92. The van der Waals surface area contributed by atoms with Crippen molar-refractivity contribution in [1.82, 2.24) is 5.32 Å². The fourth-order valence-corrected chi connectivity index (χ4v) is 3.08. The second-order valence-corrected chi connectivity index (χ2v) is 6.55. The molecule has 8 heteroatoms. The number of amides is 1. The predicted molar refractivity (Wildman–Crippen MR) is 91.9 cm³/mol. The van der Waals surface area contributed by atoms with E-state index in [4.69, 9.17) is 10.5 Å². The second-order valence-electron chi connectivity index (χ2n) is 6.55. The molecule has 2 rings (SSSR count). The Bertz CT molecular complexity index is 676. The molecule has 0 radical (unpaired) electrons. The fourth-order valence-electron chi connectivity index (χ4n) is 3.08. The van der Waals surface area contributed by atoms with E-state index in [1.54, 1.807) is 0 Å². The fraction of sp³-hybridized carbons (Fsp3) is 0.529. The van der Waals surface area contributed by atoms with E-state index in [-0.39, 0.29) is 28.9 Å². The SMILES string of the molecule is C[C@@H]1[C@H](C)CCC[C@@H]1NC(=O)COC(=O)c1ccc(N)c([N+](=O)[O-])c1. The van der Waals surface area contributed by atoms with Crippen LogP contribution in [-0.2, 0) is 9.53 Å². The van der Waals surface area contributed by atoms with Gasteiger partial charge in [0.1, 0.15) is 5.69 Å². The van der Waals surface area contributed by atoms with Gasteiger partial charge in [-0.05, 0) is 30.4 Å². The van der Waals surface area contributed by atoms with E-state index in [0.29, 0.717) is 11.8 Å². The molecule has 1 aliphatic carbocycles. The molecule has 0 aliphatic heterocycles. The first-order chi connectivity index (χ1) is 11.8. The molecular formula is C17H23N3O5. The van der Waals surface area contributed by atoms with E-state index in [2.05, 4.69) is 19.2 Å². The summed E-state index contributed by atoms with van der Waals surface area (Å²) in [6.07, 6.45) is 3.12. The maximum atomic E-state index is 12.0. The zero-order valence-electron chi connectivity index (χ0n) is 14.4. The molecule has 1 amide bonds. The van der Waals surface area contributed by atoms with Gasteiger partial charge in [-0.15, -0.1) is 0 Å². The van der Waals surface area contributed by atoms with Crippen molar-refractivity contribution in [3.63, 3.8) is 0 Å². The number of ether oxygens (including phenoxy) is 1. The van der Waals surface area contributed by atoms with Crippen molar-refractivity contribution >= 4 is 23.3 Å². The van der Waals surface area contributed by atoms with Gasteiger partial charge in [0.2, 0.25) is 0 Å². The third-order valence-electron chi connectivity index (χ3n) is 4.85.